The van der Waals surface area contributed by atoms with Crippen molar-refractivity contribution < 1.29 is 23.9 Å². The molecule has 0 bridgehead atoms. The fraction of sp³-hybridized carbons (Fsp3) is 0.267. The molecule has 1 spiro atoms. The van der Waals surface area contributed by atoms with Crippen LogP contribution in [-0.4, -0.2) is 42.9 Å². The van der Waals surface area contributed by atoms with Crippen molar-refractivity contribution in [3.63, 3.8) is 0 Å². The average Bonchev–Trinajstić information content (AvgIpc) is 3.49. The summed E-state index contributed by atoms with van der Waals surface area (Å²) in [5, 5.41) is 3.48. The fourth-order valence-corrected chi connectivity index (χ4v) is 6.31. The van der Waals surface area contributed by atoms with Gasteiger partial charge in [0.25, 0.3) is 5.91 Å². The topological polar surface area (TPSA) is 96.0 Å². The normalized spacial score (nSPS) is 25.7. The van der Waals surface area contributed by atoms with E-state index < -0.39 is 41.2 Å². The minimum atomic E-state index is -1.48. The summed E-state index contributed by atoms with van der Waals surface area (Å²) in [7, 11) is 0. The quantitative estimate of drug-likeness (QED) is 0.406. The summed E-state index contributed by atoms with van der Waals surface area (Å²) >= 11 is 0. The molecule has 3 aliphatic rings. The second-order valence-corrected chi connectivity index (χ2v) is 9.81. The van der Waals surface area contributed by atoms with Crippen molar-refractivity contribution in [1.82, 2.24) is 5.32 Å². The molecule has 3 aromatic carbocycles. The van der Waals surface area contributed by atoms with Crippen molar-refractivity contribution in [2.45, 2.75) is 24.9 Å². The molecule has 0 saturated carbocycles. The second kappa shape index (κ2) is 9.22. The molecule has 4 unspecified atom stereocenters. The molecule has 3 aliphatic heterocycles. The number of anilines is 2. The number of hydrogen-bond acceptors (Lipinski definition) is 6. The number of nitrogens with one attached hydrogen (secondary N) is 1. The Morgan fingerprint density at radius 3 is 2.26 bits per heavy atom. The molecule has 3 aromatic rings. The smallest absolute Gasteiger partial charge is 0.326 e. The molecule has 3 amide bonds. The van der Waals surface area contributed by atoms with Crippen molar-refractivity contribution in [1.29, 1.82) is 0 Å². The van der Waals surface area contributed by atoms with Gasteiger partial charge in [0.15, 0.2) is 0 Å². The van der Waals surface area contributed by atoms with E-state index in [9.17, 15) is 19.2 Å². The molecule has 4 atom stereocenters. The van der Waals surface area contributed by atoms with Gasteiger partial charge in [0, 0.05) is 17.3 Å². The number of para-hydroxylation sites is 2. The van der Waals surface area contributed by atoms with Gasteiger partial charge in [-0.1, -0.05) is 66.7 Å². The lowest BCUT2D eigenvalue weighted by Gasteiger charge is -2.30. The standard InChI is InChI=1S/C30H27N3O5/c1-2-38-24(34)18-32-23-16-10-9-15-21(23)30(29(32)37)26-25(22(31-30)17-19-11-5-3-6-12-19)27(35)33(28(26)36)20-13-7-4-8-14-20/h3-16,22,25-26,31H,2,17-18H2,1H3. The van der Waals surface area contributed by atoms with Crippen LogP contribution in [0, 0.1) is 11.8 Å². The van der Waals surface area contributed by atoms with E-state index in [1.165, 1.54) is 9.80 Å². The molecule has 8 nitrogen and oxygen atoms in total. The van der Waals surface area contributed by atoms with Gasteiger partial charge in [-0.3, -0.25) is 29.4 Å². The van der Waals surface area contributed by atoms with Gasteiger partial charge in [0.05, 0.1) is 24.1 Å². The number of ether oxygens (including phenoxy) is 1. The van der Waals surface area contributed by atoms with Crippen molar-refractivity contribution in [2.75, 3.05) is 23.0 Å². The predicted molar refractivity (Wildman–Crippen MR) is 140 cm³/mol. The molecule has 3 heterocycles. The highest BCUT2D eigenvalue weighted by Gasteiger charge is 2.71. The van der Waals surface area contributed by atoms with Crippen LogP contribution in [0.15, 0.2) is 84.9 Å². The van der Waals surface area contributed by atoms with E-state index in [1.807, 2.05) is 36.4 Å². The lowest BCUT2D eigenvalue weighted by atomic mass is 9.76. The number of carbonyl (C=O) groups is 4. The number of benzene rings is 3. The van der Waals surface area contributed by atoms with E-state index >= 15 is 0 Å². The summed E-state index contributed by atoms with van der Waals surface area (Å²) in [6.07, 6.45) is 0.457. The number of hydrogen-bond donors (Lipinski definition) is 1. The largest absolute Gasteiger partial charge is 0.465 e. The number of nitrogens with zero attached hydrogens (tertiary/aromatic N) is 2. The minimum absolute atomic E-state index is 0.189. The van der Waals surface area contributed by atoms with E-state index in [0.29, 0.717) is 23.4 Å². The molecule has 192 valence electrons. The van der Waals surface area contributed by atoms with E-state index in [4.69, 9.17) is 4.74 Å². The van der Waals surface area contributed by atoms with Crippen LogP contribution in [-0.2, 0) is 35.9 Å². The van der Waals surface area contributed by atoms with Crippen LogP contribution in [0.1, 0.15) is 18.1 Å². The molecule has 6 rings (SSSR count). The molecule has 0 aromatic heterocycles. The van der Waals surface area contributed by atoms with E-state index in [-0.39, 0.29) is 19.1 Å². The Hall–Kier alpha value is -4.30. The number of rotatable bonds is 6. The highest BCUT2D eigenvalue weighted by molar-refractivity contribution is 6.26. The first-order chi connectivity index (χ1) is 18.5. The van der Waals surface area contributed by atoms with Crippen molar-refractivity contribution in [3.8, 4) is 0 Å². The van der Waals surface area contributed by atoms with Crippen LogP contribution in [0.5, 0.6) is 0 Å². The Bertz CT molecular complexity index is 1430. The maximum absolute atomic E-state index is 14.3. The SMILES string of the molecule is CCOC(=O)CN1C(=O)C2(NC(Cc3ccccc3)C3C(=O)N(c4ccccc4)C(=O)C32)c2ccccc21. The maximum Gasteiger partial charge on any atom is 0.326 e. The highest BCUT2D eigenvalue weighted by Crippen LogP contribution is 2.55. The van der Waals surface area contributed by atoms with Crippen molar-refractivity contribution in [3.05, 3.63) is 96.1 Å². The Kier molecular flexibility index (Phi) is 5.84. The minimum Gasteiger partial charge on any atom is -0.465 e. The van der Waals surface area contributed by atoms with Gasteiger partial charge >= 0.3 is 5.97 Å². The zero-order valence-corrected chi connectivity index (χ0v) is 20.9. The van der Waals surface area contributed by atoms with Crippen LogP contribution < -0.4 is 15.1 Å². The summed E-state index contributed by atoms with van der Waals surface area (Å²) in [5.41, 5.74) is 1.11. The van der Waals surface area contributed by atoms with Crippen LogP contribution >= 0.6 is 0 Å². The lowest BCUT2D eigenvalue weighted by Crippen LogP contribution is -2.56. The van der Waals surface area contributed by atoms with E-state index in [2.05, 4.69) is 5.32 Å². The zero-order chi connectivity index (χ0) is 26.4. The number of imide groups is 1. The molecular weight excluding hydrogens is 482 g/mol. The molecule has 38 heavy (non-hydrogen) atoms. The third-order valence-corrected chi connectivity index (χ3v) is 7.77. The Morgan fingerprint density at radius 2 is 1.55 bits per heavy atom. The molecule has 0 aliphatic carbocycles. The Labute approximate surface area is 220 Å². The summed E-state index contributed by atoms with van der Waals surface area (Å²) in [4.78, 5) is 57.5. The molecule has 8 heteroatoms. The van der Waals surface area contributed by atoms with Gasteiger partial charge < -0.3 is 4.74 Å². The number of esters is 1. The van der Waals surface area contributed by atoms with Crippen molar-refractivity contribution >= 4 is 35.1 Å². The number of carbonyl (C=O) groups excluding carboxylic acids is 4. The van der Waals surface area contributed by atoms with E-state index in [1.54, 1.807) is 55.5 Å². The Balaban J connectivity index is 1.49. The van der Waals surface area contributed by atoms with Gasteiger partial charge in [-0.2, -0.15) is 0 Å². The number of fused-ring (bicyclic) bond motifs is 4. The lowest BCUT2D eigenvalue weighted by molar-refractivity contribution is -0.142. The first kappa shape index (κ1) is 24.1. The van der Waals surface area contributed by atoms with E-state index in [0.717, 1.165) is 5.56 Å². The molecule has 0 radical (unpaired) electrons. The van der Waals surface area contributed by atoms with Crippen LogP contribution in [0.3, 0.4) is 0 Å². The maximum atomic E-state index is 14.3. The Morgan fingerprint density at radius 1 is 0.895 bits per heavy atom. The zero-order valence-electron chi connectivity index (χ0n) is 20.9. The van der Waals surface area contributed by atoms with Crippen molar-refractivity contribution in [2.24, 2.45) is 11.8 Å². The highest BCUT2D eigenvalue weighted by atomic mass is 16.5. The second-order valence-electron chi connectivity index (χ2n) is 9.81. The third kappa shape index (κ3) is 3.48. The predicted octanol–water partition coefficient (Wildman–Crippen LogP) is 2.81. The van der Waals surface area contributed by atoms with Gasteiger partial charge in [0.1, 0.15) is 12.1 Å². The van der Waals surface area contributed by atoms with Gasteiger partial charge in [0.2, 0.25) is 11.8 Å². The summed E-state index contributed by atoms with van der Waals surface area (Å²) in [5.74, 6) is -3.44. The first-order valence-electron chi connectivity index (χ1n) is 12.8. The first-order valence-corrected chi connectivity index (χ1v) is 12.8. The average molecular weight is 510 g/mol. The van der Waals surface area contributed by atoms with Crippen LogP contribution in [0.2, 0.25) is 0 Å². The van der Waals surface area contributed by atoms with Crippen LogP contribution in [0.25, 0.3) is 0 Å². The van der Waals surface area contributed by atoms with Gasteiger partial charge in [-0.15, -0.1) is 0 Å². The summed E-state index contributed by atoms with van der Waals surface area (Å²) in [6.45, 7) is 1.62. The summed E-state index contributed by atoms with van der Waals surface area (Å²) in [6, 6.07) is 25.2. The monoisotopic (exact) mass is 509 g/mol. The number of amides is 3. The van der Waals surface area contributed by atoms with Gasteiger partial charge in [-0.05, 0) is 37.1 Å². The fourth-order valence-electron chi connectivity index (χ4n) is 6.31. The molecule has 2 saturated heterocycles. The summed E-state index contributed by atoms with van der Waals surface area (Å²) < 4.78 is 5.14. The molecule has 1 N–H and O–H groups in total. The van der Waals surface area contributed by atoms with Gasteiger partial charge in [-0.25, -0.2) is 4.90 Å². The third-order valence-electron chi connectivity index (χ3n) is 7.77. The van der Waals surface area contributed by atoms with Crippen LogP contribution in [0.4, 0.5) is 11.4 Å². The molecule has 2 fully saturated rings. The molecular formula is C30H27N3O5.